The van der Waals surface area contributed by atoms with Crippen LogP contribution in [0.5, 0.6) is 5.75 Å². The highest BCUT2D eigenvalue weighted by Gasteiger charge is 1.86. The highest BCUT2D eigenvalue weighted by atomic mass is 27.0. The average molecular weight is 194 g/mol. The van der Waals surface area contributed by atoms with Crippen LogP contribution in [0.3, 0.4) is 0 Å². The van der Waals surface area contributed by atoms with Crippen LogP contribution in [-0.2, 0) is 0 Å². The summed E-state index contributed by atoms with van der Waals surface area (Å²) in [6, 6.07) is 9.43. The summed E-state index contributed by atoms with van der Waals surface area (Å²) in [4.78, 5) is 0. The van der Waals surface area contributed by atoms with Gasteiger partial charge in [-0.2, -0.15) is 0 Å². The highest BCUT2D eigenvalue weighted by molar-refractivity contribution is 5.76. The van der Waals surface area contributed by atoms with Crippen molar-refractivity contribution in [3.05, 3.63) is 30.3 Å². The van der Waals surface area contributed by atoms with Gasteiger partial charge in [0.25, 0.3) is 0 Å². The number of benzene rings is 1. The fourth-order valence-corrected chi connectivity index (χ4v) is 0.680. The van der Waals surface area contributed by atoms with Gasteiger partial charge in [-0.1, -0.05) is 18.2 Å². The van der Waals surface area contributed by atoms with Gasteiger partial charge in [-0.15, -0.1) is 0 Å². The van der Waals surface area contributed by atoms with Crippen LogP contribution in [0, 0.1) is 0 Å². The molecule has 0 aromatic heterocycles. The molecule has 0 fully saturated rings. The Morgan fingerprint density at radius 3 is 2.25 bits per heavy atom. The van der Waals surface area contributed by atoms with Crippen LogP contribution >= 0.6 is 0 Å². The Morgan fingerprint density at radius 1 is 1.17 bits per heavy atom. The third-order valence-corrected chi connectivity index (χ3v) is 1.10. The Bertz CT molecular complexity index is 182. The molecule has 0 unspecified atom stereocenters. The molecule has 64 valence electrons. The van der Waals surface area contributed by atoms with Crippen molar-refractivity contribution >= 4 is 40.4 Å². The van der Waals surface area contributed by atoms with Crippen molar-refractivity contribution < 1.29 is 9.84 Å². The second-order valence-electron chi connectivity index (χ2n) is 1.89. The normalized spacial score (nSPS) is 7.75. The van der Waals surface area contributed by atoms with Crippen molar-refractivity contribution in [1.29, 1.82) is 0 Å². The minimum absolute atomic E-state index is 0. The number of ether oxygens (including phenoxy) is 1. The van der Waals surface area contributed by atoms with Crippen molar-refractivity contribution in [3.63, 3.8) is 0 Å². The van der Waals surface area contributed by atoms with Gasteiger partial charge in [0.05, 0.1) is 6.61 Å². The molecule has 1 aromatic rings. The molecule has 1 N–H and O–H groups in total. The minimum Gasteiger partial charge on any atom is -0.491 e. The zero-order chi connectivity index (χ0) is 7.23. The van der Waals surface area contributed by atoms with E-state index in [1.165, 1.54) is 0 Å². The number of aliphatic hydroxyl groups excluding tert-OH is 1. The van der Waals surface area contributed by atoms with Crippen LogP contribution in [0.15, 0.2) is 30.3 Å². The lowest BCUT2D eigenvalue weighted by molar-refractivity contribution is 0.201. The lowest BCUT2D eigenvalue weighted by Gasteiger charge is -2.01. The Morgan fingerprint density at radius 2 is 1.75 bits per heavy atom. The number of para-hydroxylation sites is 1. The Kier molecular flexibility index (Phi) is 11.5. The molecule has 12 heavy (non-hydrogen) atoms. The van der Waals surface area contributed by atoms with Gasteiger partial charge in [0.15, 0.2) is 17.4 Å². The largest absolute Gasteiger partial charge is 0.491 e. The Hall–Kier alpha value is 0.279. The van der Waals surface area contributed by atoms with E-state index in [2.05, 4.69) is 0 Å². The van der Waals surface area contributed by atoms with Crippen molar-refractivity contribution in [2.24, 2.45) is 0 Å². The predicted molar refractivity (Wildman–Crippen MR) is 57.5 cm³/mol. The molecule has 0 bridgehead atoms. The molecule has 0 saturated heterocycles. The second kappa shape index (κ2) is 9.37. The van der Waals surface area contributed by atoms with Gasteiger partial charge in [0, 0.05) is 0 Å². The van der Waals surface area contributed by atoms with Crippen molar-refractivity contribution in [3.8, 4) is 5.75 Å². The molecule has 0 amide bonds. The van der Waals surface area contributed by atoms with Crippen molar-refractivity contribution in [2.75, 3.05) is 13.2 Å². The molecule has 0 aliphatic rings. The van der Waals surface area contributed by atoms with Gasteiger partial charge >= 0.3 is 23.1 Å². The van der Waals surface area contributed by atoms with E-state index in [1.54, 1.807) is 0 Å². The zero-order valence-corrected chi connectivity index (χ0v) is 5.66. The maximum Gasteiger partial charge on any atom is 0.316 e. The van der Waals surface area contributed by atoms with Gasteiger partial charge in [0.2, 0.25) is 0 Å². The molecule has 0 aliphatic carbocycles. The molecule has 4 heteroatoms. The zero-order valence-electron chi connectivity index (χ0n) is 5.66. The van der Waals surface area contributed by atoms with E-state index >= 15 is 0 Å². The molecule has 1 aromatic carbocycles. The predicted octanol–water partition coefficient (Wildman–Crippen LogP) is -1.04. The number of rotatable bonds is 3. The standard InChI is InChI=1S/C8H10O2.Al.Mg.5H/c9-6-7-10-8-4-2-1-3-5-8;;;;;;;/h1-5,9H,6-7H2;;;;;;;. The molecule has 0 saturated carbocycles. The molecule has 2 nitrogen and oxygen atoms in total. The van der Waals surface area contributed by atoms with Crippen LogP contribution in [0.2, 0.25) is 0 Å². The van der Waals surface area contributed by atoms with E-state index < -0.39 is 0 Å². The molecule has 0 heterocycles. The summed E-state index contributed by atoms with van der Waals surface area (Å²) in [5.74, 6) is 0.802. The van der Waals surface area contributed by atoms with E-state index in [0.29, 0.717) is 6.61 Å². The van der Waals surface area contributed by atoms with E-state index in [0.717, 1.165) is 5.75 Å². The third-order valence-electron chi connectivity index (χ3n) is 1.10. The molecular formula is C8H15AlMgO2. The number of hydrogen-bond acceptors (Lipinski definition) is 2. The lowest BCUT2D eigenvalue weighted by Crippen LogP contribution is -2.00. The van der Waals surface area contributed by atoms with Crippen molar-refractivity contribution in [1.82, 2.24) is 0 Å². The van der Waals surface area contributed by atoms with Crippen LogP contribution in [0.25, 0.3) is 0 Å². The summed E-state index contributed by atoms with van der Waals surface area (Å²) in [6.07, 6.45) is 0. The Balaban J connectivity index is 0. The highest BCUT2D eigenvalue weighted by Crippen LogP contribution is 2.06. The summed E-state index contributed by atoms with van der Waals surface area (Å²) in [7, 11) is 0. The van der Waals surface area contributed by atoms with E-state index in [9.17, 15) is 0 Å². The van der Waals surface area contributed by atoms with E-state index in [-0.39, 0.29) is 47.0 Å². The van der Waals surface area contributed by atoms with Crippen LogP contribution in [-0.4, -0.2) is 58.7 Å². The molecule has 0 aliphatic heterocycles. The Labute approximate surface area is 99.2 Å². The first-order valence-corrected chi connectivity index (χ1v) is 3.22. The van der Waals surface area contributed by atoms with Crippen molar-refractivity contribution in [2.45, 2.75) is 0 Å². The van der Waals surface area contributed by atoms with Crippen LogP contribution < -0.4 is 4.74 Å². The maximum atomic E-state index is 8.40. The molecule has 0 atom stereocenters. The van der Waals surface area contributed by atoms with Gasteiger partial charge in [0.1, 0.15) is 12.4 Å². The number of hydrogen-bond donors (Lipinski definition) is 1. The fraction of sp³-hybridized carbons (Fsp3) is 0.250. The maximum absolute atomic E-state index is 8.40. The molecular weight excluding hydrogens is 179 g/mol. The topological polar surface area (TPSA) is 29.5 Å². The SMILES string of the molecule is OCCOc1ccccc1.[AlH3].[MgH2]. The van der Waals surface area contributed by atoms with Gasteiger partial charge in [-0.25, -0.2) is 0 Å². The fourth-order valence-electron chi connectivity index (χ4n) is 0.680. The minimum atomic E-state index is 0. The summed E-state index contributed by atoms with van der Waals surface area (Å²) in [5, 5.41) is 8.40. The molecule has 0 radical (unpaired) electrons. The summed E-state index contributed by atoms with van der Waals surface area (Å²) >= 11 is 0. The number of aliphatic hydroxyl groups is 1. The van der Waals surface area contributed by atoms with Crippen LogP contribution in [0.1, 0.15) is 0 Å². The summed E-state index contributed by atoms with van der Waals surface area (Å²) < 4.78 is 5.11. The third kappa shape index (κ3) is 5.87. The average Bonchev–Trinajstić information content (AvgIpc) is 2.03. The lowest BCUT2D eigenvalue weighted by atomic mass is 10.3. The molecule has 0 spiro atoms. The summed E-state index contributed by atoms with van der Waals surface area (Å²) in [6.45, 7) is 0.429. The monoisotopic (exact) mass is 194 g/mol. The van der Waals surface area contributed by atoms with Gasteiger partial charge < -0.3 is 9.84 Å². The van der Waals surface area contributed by atoms with Gasteiger partial charge in [-0.05, 0) is 12.1 Å². The van der Waals surface area contributed by atoms with Gasteiger partial charge in [-0.3, -0.25) is 0 Å². The second-order valence-corrected chi connectivity index (χ2v) is 1.89. The van der Waals surface area contributed by atoms with Crippen LogP contribution in [0.4, 0.5) is 0 Å². The summed E-state index contributed by atoms with van der Waals surface area (Å²) in [5.41, 5.74) is 0. The molecule has 1 rings (SSSR count). The van der Waals surface area contributed by atoms with E-state index in [1.807, 2.05) is 30.3 Å². The van der Waals surface area contributed by atoms with E-state index in [4.69, 9.17) is 9.84 Å². The first-order valence-electron chi connectivity index (χ1n) is 3.22. The first-order chi connectivity index (χ1) is 4.93. The first kappa shape index (κ1) is 14.8. The quantitative estimate of drug-likeness (QED) is 0.623. The smallest absolute Gasteiger partial charge is 0.316 e.